The lowest BCUT2D eigenvalue weighted by molar-refractivity contribution is -0.141. The summed E-state index contributed by atoms with van der Waals surface area (Å²) < 4.78 is 7.18. The molecule has 0 spiro atoms. The van der Waals surface area contributed by atoms with Crippen molar-refractivity contribution >= 4 is 16.9 Å². The smallest absolute Gasteiger partial charge is 0.245 e. The fraction of sp³-hybridized carbons (Fsp3) is 0.375. The van der Waals surface area contributed by atoms with E-state index in [1.165, 1.54) is 0 Å². The average Bonchev–Trinajstić information content (AvgIpc) is 3.22. The van der Waals surface area contributed by atoms with Gasteiger partial charge in [-0.2, -0.15) is 0 Å². The monoisotopic (exact) mass is 326 g/mol. The molecule has 1 N–H and O–H groups in total. The highest BCUT2D eigenvalue weighted by Gasteiger charge is 2.31. The topological polar surface area (TPSA) is 88.9 Å². The van der Waals surface area contributed by atoms with Crippen LogP contribution in [0.2, 0.25) is 0 Å². The van der Waals surface area contributed by atoms with Gasteiger partial charge in [0, 0.05) is 18.4 Å². The number of aromatic nitrogens is 5. The van der Waals surface area contributed by atoms with Gasteiger partial charge in [-0.15, -0.1) is 5.10 Å². The Balaban J connectivity index is 1.57. The quantitative estimate of drug-likeness (QED) is 0.777. The lowest BCUT2D eigenvalue weighted by atomic mass is 10.2. The predicted octanol–water partition coefficient (Wildman–Crippen LogP) is 1.06. The molecule has 24 heavy (non-hydrogen) atoms. The minimum Gasteiger partial charge on any atom is -0.377 e. The van der Waals surface area contributed by atoms with Gasteiger partial charge in [0.15, 0.2) is 0 Å². The largest absolute Gasteiger partial charge is 0.377 e. The maximum Gasteiger partial charge on any atom is 0.245 e. The van der Waals surface area contributed by atoms with Gasteiger partial charge >= 0.3 is 0 Å². The van der Waals surface area contributed by atoms with Crippen LogP contribution in [0.1, 0.15) is 17.6 Å². The van der Waals surface area contributed by atoms with E-state index in [4.69, 9.17) is 4.74 Å². The van der Waals surface area contributed by atoms with Gasteiger partial charge in [-0.1, -0.05) is 17.3 Å². The first-order valence-corrected chi connectivity index (χ1v) is 7.89. The number of morpholine rings is 1. The Kier molecular flexibility index (Phi) is 3.73. The second kappa shape index (κ2) is 6.04. The molecule has 1 atom stereocenters. The Hall–Kier alpha value is -2.74. The van der Waals surface area contributed by atoms with Crippen LogP contribution in [-0.2, 0) is 16.1 Å². The summed E-state index contributed by atoms with van der Waals surface area (Å²) in [5, 5.41) is 8.19. The first-order chi connectivity index (χ1) is 11.7. The van der Waals surface area contributed by atoms with Gasteiger partial charge in [0.25, 0.3) is 0 Å². The normalized spacial score (nSPS) is 18.2. The number of nitrogens with zero attached hydrogens (tertiary/aromatic N) is 5. The fourth-order valence-electron chi connectivity index (χ4n) is 2.98. The van der Waals surface area contributed by atoms with Crippen LogP contribution in [-0.4, -0.2) is 55.5 Å². The summed E-state index contributed by atoms with van der Waals surface area (Å²) in [6.45, 7) is 3.59. The Bertz CT molecular complexity index is 870. The zero-order valence-corrected chi connectivity index (χ0v) is 13.3. The van der Waals surface area contributed by atoms with Crippen molar-refractivity contribution in [2.45, 2.75) is 19.5 Å². The van der Waals surface area contributed by atoms with Crippen LogP contribution in [0.25, 0.3) is 11.0 Å². The van der Waals surface area contributed by atoms with Crippen molar-refractivity contribution in [3.05, 3.63) is 42.0 Å². The summed E-state index contributed by atoms with van der Waals surface area (Å²) in [7, 11) is 0. The lowest BCUT2D eigenvalue weighted by Crippen LogP contribution is -2.45. The molecule has 1 aromatic carbocycles. The van der Waals surface area contributed by atoms with Crippen molar-refractivity contribution in [2.75, 3.05) is 19.8 Å². The molecule has 4 rings (SSSR count). The zero-order valence-electron chi connectivity index (χ0n) is 13.3. The van der Waals surface area contributed by atoms with Gasteiger partial charge in [-0.3, -0.25) is 4.79 Å². The number of imidazole rings is 1. The minimum absolute atomic E-state index is 0.0204. The molecule has 0 unspecified atom stereocenters. The van der Waals surface area contributed by atoms with Crippen LogP contribution in [0.15, 0.2) is 30.5 Å². The maximum atomic E-state index is 12.8. The number of carbonyl (C=O) groups excluding carboxylic acids is 1. The first-order valence-electron chi connectivity index (χ1n) is 7.89. The highest BCUT2D eigenvalue weighted by atomic mass is 16.5. The van der Waals surface area contributed by atoms with E-state index in [9.17, 15) is 4.79 Å². The van der Waals surface area contributed by atoms with Crippen molar-refractivity contribution in [1.29, 1.82) is 0 Å². The SMILES string of the molecule is Cc1cnc([C@@H]2COCCN2C(=O)Cn2nnc3ccccc32)[nH]1. The second-order valence-electron chi connectivity index (χ2n) is 5.87. The number of rotatable bonds is 3. The van der Waals surface area contributed by atoms with Gasteiger partial charge in [-0.05, 0) is 19.1 Å². The van der Waals surface area contributed by atoms with Gasteiger partial charge in [0.1, 0.15) is 23.9 Å². The molecule has 1 aliphatic rings. The summed E-state index contributed by atoms with van der Waals surface area (Å²) in [5.74, 6) is 0.733. The first kappa shape index (κ1) is 14.8. The molecule has 124 valence electrons. The highest BCUT2D eigenvalue weighted by Crippen LogP contribution is 2.22. The highest BCUT2D eigenvalue weighted by molar-refractivity contribution is 5.80. The number of para-hydroxylation sites is 1. The van der Waals surface area contributed by atoms with E-state index in [-0.39, 0.29) is 18.5 Å². The third kappa shape index (κ3) is 2.65. The van der Waals surface area contributed by atoms with Crippen LogP contribution >= 0.6 is 0 Å². The summed E-state index contributed by atoms with van der Waals surface area (Å²) in [4.78, 5) is 22.2. The predicted molar refractivity (Wildman–Crippen MR) is 86.1 cm³/mol. The third-order valence-electron chi connectivity index (χ3n) is 4.19. The third-order valence-corrected chi connectivity index (χ3v) is 4.19. The summed E-state index contributed by atoms with van der Waals surface area (Å²) >= 11 is 0. The average molecular weight is 326 g/mol. The van der Waals surface area contributed by atoms with E-state index in [1.54, 1.807) is 15.8 Å². The van der Waals surface area contributed by atoms with Crippen molar-refractivity contribution in [2.24, 2.45) is 0 Å². The molecule has 1 saturated heterocycles. The minimum atomic E-state index is -0.199. The Morgan fingerprint density at radius 2 is 2.29 bits per heavy atom. The van der Waals surface area contributed by atoms with Crippen LogP contribution in [0.3, 0.4) is 0 Å². The van der Waals surface area contributed by atoms with Crippen LogP contribution < -0.4 is 0 Å². The number of hydrogen-bond acceptors (Lipinski definition) is 5. The lowest BCUT2D eigenvalue weighted by Gasteiger charge is -2.34. The molecule has 3 heterocycles. The van der Waals surface area contributed by atoms with Gasteiger partial charge < -0.3 is 14.6 Å². The molecular weight excluding hydrogens is 308 g/mol. The van der Waals surface area contributed by atoms with E-state index in [0.29, 0.717) is 19.8 Å². The maximum absolute atomic E-state index is 12.8. The van der Waals surface area contributed by atoms with Crippen LogP contribution in [0, 0.1) is 6.92 Å². The number of carbonyl (C=O) groups is 1. The number of fused-ring (bicyclic) bond motifs is 1. The number of aromatic amines is 1. The molecule has 0 aliphatic carbocycles. The van der Waals surface area contributed by atoms with Gasteiger partial charge in [0.05, 0.1) is 18.7 Å². The summed E-state index contributed by atoms with van der Waals surface area (Å²) in [6, 6.07) is 7.41. The Morgan fingerprint density at radius 1 is 1.42 bits per heavy atom. The fourth-order valence-corrected chi connectivity index (χ4v) is 2.98. The summed E-state index contributed by atoms with van der Waals surface area (Å²) in [5.41, 5.74) is 2.60. The number of aryl methyl sites for hydroxylation is 1. The molecule has 1 amide bonds. The Morgan fingerprint density at radius 3 is 3.12 bits per heavy atom. The van der Waals surface area contributed by atoms with E-state index < -0.39 is 0 Å². The molecule has 2 aromatic heterocycles. The number of nitrogens with one attached hydrogen (secondary N) is 1. The molecule has 3 aromatic rings. The van der Waals surface area contributed by atoms with Crippen LogP contribution in [0.4, 0.5) is 0 Å². The molecular formula is C16H18N6O2. The van der Waals surface area contributed by atoms with Gasteiger partial charge in [-0.25, -0.2) is 9.67 Å². The van der Waals surface area contributed by atoms with Crippen LogP contribution in [0.5, 0.6) is 0 Å². The number of ether oxygens (including phenoxy) is 1. The zero-order chi connectivity index (χ0) is 16.5. The molecule has 8 heteroatoms. The van der Waals surface area contributed by atoms with E-state index in [0.717, 1.165) is 22.6 Å². The number of amides is 1. The van der Waals surface area contributed by atoms with E-state index in [1.807, 2.05) is 31.2 Å². The molecule has 0 saturated carbocycles. The Labute approximate surface area is 138 Å². The number of H-pyrrole nitrogens is 1. The van der Waals surface area contributed by atoms with Gasteiger partial charge in [0.2, 0.25) is 5.91 Å². The molecule has 0 bridgehead atoms. The molecule has 1 fully saturated rings. The van der Waals surface area contributed by atoms with E-state index in [2.05, 4.69) is 20.3 Å². The van der Waals surface area contributed by atoms with E-state index >= 15 is 0 Å². The second-order valence-corrected chi connectivity index (χ2v) is 5.87. The summed E-state index contributed by atoms with van der Waals surface area (Å²) in [6.07, 6.45) is 1.76. The molecule has 0 radical (unpaired) electrons. The van der Waals surface area contributed by atoms with Crippen molar-refractivity contribution in [3.8, 4) is 0 Å². The number of benzene rings is 1. The van der Waals surface area contributed by atoms with Crippen molar-refractivity contribution in [3.63, 3.8) is 0 Å². The molecule has 8 nitrogen and oxygen atoms in total. The molecule has 1 aliphatic heterocycles. The number of hydrogen-bond donors (Lipinski definition) is 1. The standard InChI is InChI=1S/C16H18N6O2/c1-11-8-17-16(18-11)14-10-24-7-6-21(14)15(23)9-22-13-5-3-2-4-12(13)19-20-22/h2-5,8,14H,6-7,9-10H2,1H3,(H,17,18)/t14-/m0/s1. The van der Waals surface area contributed by atoms with Crippen molar-refractivity contribution in [1.82, 2.24) is 29.9 Å². The van der Waals surface area contributed by atoms with Crippen molar-refractivity contribution < 1.29 is 9.53 Å².